The predicted molar refractivity (Wildman–Crippen MR) is 75.8 cm³/mol. The Kier molecular flexibility index (Phi) is 2.92. The fourth-order valence-corrected chi connectivity index (χ4v) is 2.60. The smallest absolute Gasteiger partial charge is 0.114 e. The van der Waals surface area contributed by atoms with Gasteiger partial charge in [0.05, 0.1) is 11.9 Å². The zero-order valence-electron chi connectivity index (χ0n) is 10.4. The van der Waals surface area contributed by atoms with E-state index in [2.05, 4.69) is 40.5 Å². The maximum Gasteiger partial charge on any atom is 0.114 e. The van der Waals surface area contributed by atoms with Crippen molar-refractivity contribution in [2.75, 3.05) is 12.8 Å². The number of benzene rings is 1. The van der Waals surface area contributed by atoms with E-state index in [-0.39, 0.29) is 5.41 Å². The maximum absolute atomic E-state index is 5.82. The highest BCUT2D eigenvalue weighted by Crippen LogP contribution is 2.46. The first kappa shape index (κ1) is 11.8. The van der Waals surface area contributed by atoms with Crippen LogP contribution in [0.4, 0.5) is 0 Å². The summed E-state index contributed by atoms with van der Waals surface area (Å²) >= 11 is 1.75. The van der Waals surface area contributed by atoms with Crippen molar-refractivity contribution in [2.45, 2.75) is 23.2 Å². The van der Waals surface area contributed by atoms with Gasteiger partial charge in [-0.05, 0) is 36.8 Å². The summed E-state index contributed by atoms with van der Waals surface area (Å²) in [6, 6.07) is 8.53. The third kappa shape index (κ3) is 1.95. The highest BCUT2D eigenvalue weighted by Gasteiger charge is 2.45. The van der Waals surface area contributed by atoms with Crippen molar-refractivity contribution >= 4 is 11.8 Å². The standard InChI is InChI=1S/C14H17N3S/c1-18-11-4-2-10(3-5-11)12-8-16-13(17-12)14(9-15)6-7-14/h2-5,8H,6-7,9,15H2,1H3,(H,16,17). The molecule has 0 aliphatic heterocycles. The number of hydrogen-bond acceptors (Lipinski definition) is 3. The van der Waals surface area contributed by atoms with Crippen LogP contribution in [-0.2, 0) is 5.41 Å². The molecule has 1 saturated carbocycles. The van der Waals surface area contributed by atoms with Crippen LogP contribution in [0.25, 0.3) is 11.3 Å². The molecule has 3 nitrogen and oxygen atoms in total. The molecule has 0 spiro atoms. The van der Waals surface area contributed by atoms with Gasteiger partial charge in [0, 0.05) is 16.9 Å². The molecule has 0 radical (unpaired) electrons. The second-order valence-corrected chi connectivity index (χ2v) is 5.74. The number of aromatic amines is 1. The van der Waals surface area contributed by atoms with Gasteiger partial charge in [-0.15, -0.1) is 11.8 Å². The second-order valence-electron chi connectivity index (χ2n) is 4.86. The van der Waals surface area contributed by atoms with Gasteiger partial charge in [0.25, 0.3) is 0 Å². The van der Waals surface area contributed by atoms with Crippen molar-refractivity contribution in [1.29, 1.82) is 0 Å². The minimum absolute atomic E-state index is 0.136. The molecule has 1 aliphatic carbocycles. The Hall–Kier alpha value is -1.26. The Morgan fingerprint density at radius 2 is 2.06 bits per heavy atom. The molecule has 2 aromatic rings. The fourth-order valence-electron chi connectivity index (χ4n) is 2.20. The van der Waals surface area contributed by atoms with Gasteiger partial charge < -0.3 is 10.7 Å². The number of imidazole rings is 1. The molecule has 4 heteroatoms. The Balaban J connectivity index is 1.88. The molecule has 1 heterocycles. The molecular formula is C14H17N3S. The van der Waals surface area contributed by atoms with Gasteiger partial charge in [0.15, 0.2) is 0 Å². The first-order valence-corrected chi connectivity index (χ1v) is 7.40. The Labute approximate surface area is 111 Å². The van der Waals surface area contributed by atoms with Gasteiger partial charge in [-0.25, -0.2) is 4.98 Å². The Morgan fingerprint density at radius 3 is 2.61 bits per heavy atom. The van der Waals surface area contributed by atoms with E-state index in [1.807, 2.05) is 6.20 Å². The maximum atomic E-state index is 5.82. The molecule has 0 unspecified atom stereocenters. The van der Waals surface area contributed by atoms with Gasteiger partial charge >= 0.3 is 0 Å². The van der Waals surface area contributed by atoms with Crippen molar-refractivity contribution in [1.82, 2.24) is 9.97 Å². The molecule has 0 saturated heterocycles. The van der Waals surface area contributed by atoms with Crippen LogP contribution in [0.2, 0.25) is 0 Å². The van der Waals surface area contributed by atoms with Gasteiger partial charge in [0.1, 0.15) is 5.82 Å². The molecule has 1 fully saturated rings. The summed E-state index contributed by atoms with van der Waals surface area (Å²) < 4.78 is 0. The molecule has 1 aromatic heterocycles. The fraction of sp³-hybridized carbons (Fsp3) is 0.357. The molecule has 1 aliphatic rings. The number of nitrogens with two attached hydrogens (primary N) is 1. The third-order valence-corrected chi connectivity index (χ3v) is 4.47. The molecule has 3 rings (SSSR count). The van der Waals surface area contributed by atoms with E-state index in [4.69, 9.17) is 5.73 Å². The minimum Gasteiger partial charge on any atom is -0.342 e. The molecule has 0 amide bonds. The van der Waals surface area contributed by atoms with Crippen LogP contribution in [0.15, 0.2) is 35.4 Å². The van der Waals surface area contributed by atoms with E-state index in [1.54, 1.807) is 11.8 Å². The zero-order valence-corrected chi connectivity index (χ0v) is 11.3. The van der Waals surface area contributed by atoms with Gasteiger partial charge in [0.2, 0.25) is 0 Å². The van der Waals surface area contributed by atoms with E-state index >= 15 is 0 Å². The molecule has 18 heavy (non-hydrogen) atoms. The van der Waals surface area contributed by atoms with E-state index < -0.39 is 0 Å². The van der Waals surface area contributed by atoms with Gasteiger partial charge in [-0.1, -0.05) is 12.1 Å². The lowest BCUT2D eigenvalue weighted by atomic mass is 10.1. The number of rotatable bonds is 4. The SMILES string of the molecule is CSc1ccc(-c2cnc(C3(CN)CC3)[nH]2)cc1. The predicted octanol–water partition coefficient (Wildman–Crippen LogP) is 2.79. The lowest BCUT2D eigenvalue weighted by Gasteiger charge is -2.07. The van der Waals surface area contributed by atoms with Crippen LogP contribution < -0.4 is 5.73 Å². The number of hydrogen-bond donors (Lipinski definition) is 2. The van der Waals surface area contributed by atoms with Crippen LogP contribution in [0.5, 0.6) is 0 Å². The van der Waals surface area contributed by atoms with E-state index in [9.17, 15) is 0 Å². The number of aromatic nitrogens is 2. The topological polar surface area (TPSA) is 54.7 Å². The quantitative estimate of drug-likeness (QED) is 0.830. The molecule has 1 aromatic carbocycles. The monoisotopic (exact) mass is 259 g/mol. The number of H-pyrrole nitrogens is 1. The third-order valence-electron chi connectivity index (χ3n) is 3.72. The molecule has 3 N–H and O–H groups in total. The second kappa shape index (κ2) is 4.44. The number of nitrogens with zero attached hydrogens (tertiary/aromatic N) is 1. The lowest BCUT2D eigenvalue weighted by molar-refractivity contribution is 0.659. The molecule has 0 bridgehead atoms. The van der Waals surface area contributed by atoms with E-state index in [0.29, 0.717) is 6.54 Å². The van der Waals surface area contributed by atoms with Crippen LogP contribution in [-0.4, -0.2) is 22.8 Å². The van der Waals surface area contributed by atoms with Gasteiger partial charge in [-0.3, -0.25) is 0 Å². The van der Waals surface area contributed by atoms with E-state index in [0.717, 1.165) is 24.4 Å². The lowest BCUT2D eigenvalue weighted by Crippen LogP contribution is -2.21. The average molecular weight is 259 g/mol. The van der Waals surface area contributed by atoms with Crippen molar-refractivity contribution < 1.29 is 0 Å². The highest BCUT2D eigenvalue weighted by atomic mass is 32.2. The van der Waals surface area contributed by atoms with Crippen molar-refractivity contribution in [3.8, 4) is 11.3 Å². The normalized spacial score (nSPS) is 16.8. The molecular weight excluding hydrogens is 242 g/mol. The summed E-state index contributed by atoms with van der Waals surface area (Å²) in [7, 11) is 0. The van der Waals surface area contributed by atoms with Gasteiger partial charge in [-0.2, -0.15) is 0 Å². The Morgan fingerprint density at radius 1 is 1.33 bits per heavy atom. The molecule has 94 valence electrons. The van der Waals surface area contributed by atoms with Crippen LogP contribution in [0, 0.1) is 0 Å². The highest BCUT2D eigenvalue weighted by molar-refractivity contribution is 7.98. The summed E-state index contributed by atoms with van der Waals surface area (Å²) in [5, 5.41) is 0. The van der Waals surface area contributed by atoms with Crippen molar-refractivity contribution in [3.05, 3.63) is 36.3 Å². The number of nitrogens with one attached hydrogen (secondary N) is 1. The summed E-state index contributed by atoms with van der Waals surface area (Å²) in [5.41, 5.74) is 8.22. The van der Waals surface area contributed by atoms with Crippen LogP contribution in [0.1, 0.15) is 18.7 Å². The zero-order chi connectivity index (χ0) is 12.6. The van der Waals surface area contributed by atoms with Crippen molar-refractivity contribution in [3.63, 3.8) is 0 Å². The Bertz CT molecular complexity index is 540. The first-order valence-electron chi connectivity index (χ1n) is 6.17. The largest absolute Gasteiger partial charge is 0.342 e. The first-order chi connectivity index (χ1) is 8.77. The summed E-state index contributed by atoms with van der Waals surface area (Å²) in [5.74, 6) is 1.05. The average Bonchev–Trinajstić information content (AvgIpc) is 3.08. The van der Waals surface area contributed by atoms with Crippen LogP contribution in [0.3, 0.4) is 0 Å². The minimum atomic E-state index is 0.136. The summed E-state index contributed by atoms with van der Waals surface area (Å²) in [6.07, 6.45) is 6.31. The number of thioether (sulfide) groups is 1. The van der Waals surface area contributed by atoms with E-state index in [1.165, 1.54) is 10.5 Å². The summed E-state index contributed by atoms with van der Waals surface area (Å²) in [6.45, 7) is 0.686. The van der Waals surface area contributed by atoms with Crippen LogP contribution >= 0.6 is 11.8 Å². The summed E-state index contributed by atoms with van der Waals surface area (Å²) in [4.78, 5) is 9.20. The molecule has 0 atom stereocenters. The van der Waals surface area contributed by atoms with Crippen molar-refractivity contribution in [2.24, 2.45) is 5.73 Å².